The van der Waals surface area contributed by atoms with Gasteiger partial charge in [-0.2, -0.15) is 4.31 Å². The number of halogens is 2. The Balaban J connectivity index is 1.94. The first kappa shape index (κ1) is 17.1. The van der Waals surface area contributed by atoms with Gasteiger partial charge in [0.05, 0.1) is 0 Å². The third-order valence-corrected chi connectivity index (χ3v) is 5.94. The molecule has 1 heterocycles. The van der Waals surface area contributed by atoms with Crippen LogP contribution in [0.25, 0.3) is 0 Å². The number of hydrogen-bond donors (Lipinski definition) is 0. The summed E-state index contributed by atoms with van der Waals surface area (Å²) < 4.78 is 59.4. The summed E-state index contributed by atoms with van der Waals surface area (Å²) in [6, 6.07) is 2.92. The van der Waals surface area contributed by atoms with Crippen LogP contribution in [0.2, 0.25) is 0 Å². The highest BCUT2D eigenvalue weighted by atomic mass is 32.2. The molecule has 1 radical (unpaired) electrons. The van der Waals surface area contributed by atoms with E-state index in [2.05, 4.69) is 0 Å². The fourth-order valence-electron chi connectivity index (χ4n) is 2.76. The fourth-order valence-corrected chi connectivity index (χ4v) is 4.42. The number of rotatable bonds is 4. The van der Waals surface area contributed by atoms with Gasteiger partial charge in [0.25, 0.3) is 0 Å². The third kappa shape index (κ3) is 3.52. The smallest absolute Gasteiger partial charge is 0.246 e. The molecule has 24 heavy (non-hydrogen) atoms. The minimum absolute atomic E-state index is 0.0133. The van der Waals surface area contributed by atoms with E-state index in [1.807, 2.05) is 0 Å². The second-order valence-corrected chi connectivity index (χ2v) is 7.62. The van der Waals surface area contributed by atoms with Gasteiger partial charge in [-0.15, -0.1) is 0 Å². The zero-order chi connectivity index (χ0) is 17.2. The molecule has 0 atom stereocenters. The Labute approximate surface area is 140 Å². The summed E-state index contributed by atoms with van der Waals surface area (Å²) in [6.07, 6.45) is 7.92. The van der Waals surface area contributed by atoms with Crippen LogP contribution in [0.1, 0.15) is 25.7 Å². The molecule has 1 aliphatic carbocycles. The molecule has 0 aromatic heterocycles. The monoisotopic (exact) mass is 354 g/mol. The average molecular weight is 354 g/mol. The molecule has 1 aromatic rings. The molecule has 7 heteroatoms. The minimum Gasteiger partial charge on any atom is -0.457 e. The molecule has 1 fully saturated rings. The highest BCUT2D eigenvalue weighted by Crippen LogP contribution is 2.30. The molecule has 3 rings (SSSR count). The van der Waals surface area contributed by atoms with Crippen molar-refractivity contribution in [2.45, 2.75) is 25.7 Å². The first-order valence-corrected chi connectivity index (χ1v) is 9.29. The quantitative estimate of drug-likeness (QED) is 0.831. The Morgan fingerprint density at radius 1 is 1.08 bits per heavy atom. The van der Waals surface area contributed by atoms with Gasteiger partial charge in [-0.25, -0.2) is 17.2 Å². The van der Waals surface area contributed by atoms with Gasteiger partial charge in [-0.05, 0) is 37.5 Å². The van der Waals surface area contributed by atoms with Gasteiger partial charge in [-0.3, -0.25) is 0 Å². The number of hydrogen-bond acceptors (Lipinski definition) is 3. The van der Waals surface area contributed by atoms with Crippen molar-refractivity contribution in [3.05, 3.63) is 59.1 Å². The van der Waals surface area contributed by atoms with Gasteiger partial charge < -0.3 is 4.74 Å². The molecule has 0 amide bonds. The van der Waals surface area contributed by atoms with Crippen LogP contribution in [-0.4, -0.2) is 25.8 Å². The van der Waals surface area contributed by atoms with Crippen molar-refractivity contribution in [3.63, 3.8) is 0 Å². The molecule has 1 saturated heterocycles. The maximum Gasteiger partial charge on any atom is 0.246 e. The lowest BCUT2D eigenvalue weighted by Crippen LogP contribution is -2.37. The summed E-state index contributed by atoms with van der Waals surface area (Å²) in [6.45, 7) is 0.940. The van der Waals surface area contributed by atoms with Crippen LogP contribution in [-0.2, 0) is 10.0 Å². The summed E-state index contributed by atoms with van der Waals surface area (Å²) in [5.74, 6) is -1.72. The standard InChI is InChI=1S/C17H18F2NO3S/c18-13-8-9-15(14(19)12-13)23-16-6-2-3-7-17(16)24(21,22)20-10-4-1-5-11-20/h3,6-9,12H,1-2,4-5,10-11H2. The number of ether oxygens (including phenoxy) is 1. The van der Waals surface area contributed by atoms with Gasteiger partial charge in [0.15, 0.2) is 11.6 Å². The largest absolute Gasteiger partial charge is 0.457 e. The second-order valence-electron chi connectivity index (χ2n) is 5.71. The van der Waals surface area contributed by atoms with E-state index in [0.29, 0.717) is 25.6 Å². The van der Waals surface area contributed by atoms with Crippen LogP contribution in [0.4, 0.5) is 8.78 Å². The van der Waals surface area contributed by atoms with Crippen molar-refractivity contribution in [3.8, 4) is 5.75 Å². The van der Waals surface area contributed by atoms with Gasteiger partial charge in [0.2, 0.25) is 10.0 Å². The van der Waals surface area contributed by atoms with Crippen LogP contribution in [0.5, 0.6) is 5.75 Å². The Bertz CT molecular complexity index is 781. The molecule has 0 unspecified atom stereocenters. The number of nitrogens with zero attached hydrogens (tertiary/aromatic N) is 1. The highest BCUT2D eigenvalue weighted by Gasteiger charge is 2.31. The molecule has 2 aliphatic rings. The Morgan fingerprint density at radius 3 is 2.54 bits per heavy atom. The first-order valence-electron chi connectivity index (χ1n) is 7.85. The van der Waals surface area contributed by atoms with Gasteiger partial charge >= 0.3 is 0 Å². The fraction of sp³-hybridized carbons (Fsp3) is 0.353. The lowest BCUT2D eigenvalue weighted by molar-refractivity contribution is 0.347. The van der Waals surface area contributed by atoms with Gasteiger partial charge in [-0.1, -0.05) is 12.5 Å². The number of sulfonamides is 1. The Hall–Kier alpha value is -1.73. The normalized spacial score (nSPS) is 19.6. The summed E-state index contributed by atoms with van der Waals surface area (Å²) in [5.41, 5.74) is 0. The molecule has 0 saturated carbocycles. The predicted octanol–water partition coefficient (Wildman–Crippen LogP) is 3.54. The van der Waals surface area contributed by atoms with Crippen molar-refractivity contribution in [2.24, 2.45) is 0 Å². The Morgan fingerprint density at radius 2 is 1.83 bits per heavy atom. The van der Waals surface area contributed by atoms with Crippen LogP contribution < -0.4 is 4.74 Å². The maximum atomic E-state index is 13.8. The molecule has 129 valence electrons. The third-order valence-electron chi connectivity index (χ3n) is 4.00. The van der Waals surface area contributed by atoms with Crippen molar-refractivity contribution in [1.82, 2.24) is 4.31 Å². The number of benzene rings is 1. The Kier molecular flexibility index (Phi) is 5.01. The van der Waals surface area contributed by atoms with Crippen molar-refractivity contribution in [1.29, 1.82) is 0 Å². The molecule has 0 spiro atoms. The van der Waals surface area contributed by atoms with E-state index in [1.54, 1.807) is 12.5 Å². The summed E-state index contributed by atoms with van der Waals surface area (Å²) >= 11 is 0. The van der Waals surface area contributed by atoms with Crippen molar-refractivity contribution < 1.29 is 21.9 Å². The molecule has 0 bridgehead atoms. The van der Waals surface area contributed by atoms with Crippen LogP contribution in [0, 0.1) is 18.1 Å². The number of allylic oxidation sites excluding steroid dienone is 3. The van der Waals surface area contributed by atoms with Crippen LogP contribution in [0.3, 0.4) is 0 Å². The number of piperidine rings is 1. The molecule has 4 nitrogen and oxygen atoms in total. The van der Waals surface area contributed by atoms with E-state index in [9.17, 15) is 17.2 Å². The predicted molar refractivity (Wildman–Crippen MR) is 86.4 cm³/mol. The van der Waals surface area contributed by atoms with Gasteiger partial charge in [0.1, 0.15) is 16.5 Å². The topological polar surface area (TPSA) is 46.6 Å². The van der Waals surface area contributed by atoms with Crippen LogP contribution >= 0.6 is 0 Å². The van der Waals surface area contributed by atoms with Crippen LogP contribution in [0.15, 0.2) is 41.0 Å². The zero-order valence-corrected chi connectivity index (χ0v) is 13.9. The molecule has 1 aliphatic heterocycles. The lowest BCUT2D eigenvalue weighted by atomic mass is 10.1. The average Bonchev–Trinajstić information content (AvgIpc) is 2.58. The van der Waals surface area contributed by atoms with E-state index in [1.165, 1.54) is 10.4 Å². The first-order chi connectivity index (χ1) is 11.5. The summed E-state index contributed by atoms with van der Waals surface area (Å²) in [5, 5.41) is 0. The SMILES string of the molecule is O=S(=O)(C1=C(Oc2ccc(F)cc2F)[CH]CC=C1)N1CCCCC1. The maximum absolute atomic E-state index is 13.8. The highest BCUT2D eigenvalue weighted by molar-refractivity contribution is 7.93. The summed E-state index contributed by atoms with van der Waals surface area (Å²) in [4.78, 5) is 0.0133. The lowest BCUT2D eigenvalue weighted by Gasteiger charge is -2.28. The van der Waals surface area contributed by atoms with Gasteiger partial charge in [0, 0.05) is 25.6 Å². The van der Waals surface area contributed by atoms with Crippen molar-refractivity contribution >= 4 is 10.0 Å². The molecular formula is C17H18F2NO3S. The summed E-state index contributed by atoms with van der Waals surface area (Å²) in [7, 11) is -3.70. The second kappa shape index (κ2) is 7.03. The molecular weight excluding hydrogens is 336 g/mol. The minimum atomic E-state index is -3.70. The van der Waals surface area contributed by atoms with E-state index in [4.69, 9.17) is 4.74 Å². The molecule has 1 aromatic carbocycles. The van der Waals surface area contributed by atoms with E-state index < -0.39 is 21.7 Å². The van der Waals surface area contributed by atoms with E-state index in [-0.39, 0.29) is 16.4 Å². The van der Waals surface area contributed by atoms with E-state index >= 15 is 0 Å². The molecule has 0 N–H and O–H groups in total. The zero-order valence-electron chi connectivity index (χ0n) is 13.0. The van der Waals surface area contributed by atoms with E-state index in [0.717, 1.165) is 31.4 Å². The van der Waals surface area contributed by atoms with Crippen molar-refractivity contribution in [2.75, 3.05) is 13.1 Å².